The standard InChI is InChI=1S/C24H23Cl3N2O3S/c1-14-9-15(2)23(16(3)10-14)33(31,32)29-22(11-17-7-5-4-6-8-17)24(30)28-21-13-19(26)18(25)12-20(21)27/h4-10,12-13,22,29H,11H2,1-3H3,(H,28,30)/t22-/m1/s1. The molecule has 3 aromatic rings. The molecule has 0 radical (unpaired) electrons. The molecule has 5 nitrogen and oxygen atoms in total. The highest BCUT2D eigenvalue weighted by atomic mass is 35.5. The molecular formula is C24H23Cl3N2O3S. The Labute approximate surface area is 209 Å². The van der Waals surface area contributed by atoms with Crippen LogP contribution in [0.15, 0.2) is 59.5 Å². The number of hydrogen-bond acceptors (Lipinski definition) is 3. The summed E-state index contributed by atoms with van der Waals surface area (Å²) in [5, 5.41) is 3.31. The lowest BCUT2D eigenvalue weighted by atomic mass is 10.1. The minimum absolute atomic E-state index is 0.134. The zero-order valence-electron chi connectivity index (χ0n) is 18.2. The van der Waals surface area contributed by atoms with Gasteiger partial charge in [-0.25, -0.2) is 8.42 Å². The smallest absolute Gasteiger partial charge is 0.242 e. The van der Waals surface area contributed by atoms with E-state index in [4.69, 9.17) is 34.8 Å². The van der Waals surface area contributed by atoms with E-state index in [2.05, 4.69) is 10.0 Å². The van der Waals surface area contributed by atoms with Gasteiger partial charge in [0.1, 0.15) is 6.04 Å². The molecule has 0 unspecified atom stereocenters. The largest absolute Gasteiger partial charge is 0.323 e. The molecule has 33 heavy (non-hydrogen) atoms. The minimum atomic E-state index is -4.01. The van der Waals surface area contributed by atoms with E-state index in [0.29, 0.717) is 11.1 Å². The first-order chi connectivity index (χ1) is 15.5. The zero-order valence-corrected chi connectivity index (χ0v) is 21.3. The average Bonchev–Trinajstić information content (AvgIpc) is 2.71. The van der Waals surface area contributed by atoms with Crippen molar-refractivity contribution in [3.05, 3.63) is 91.9 Å². The SMILES string of the molecule is Cc1cc(C)c(S(=O)(=O)N[C@H](Cc2ccccc2)C(=O)Nc2cc(Cl)c(Cl)cc2Cl)c(C)c1. The van der Waals surface area contributed by atoms with Gasteiger partial charge in [0, 0.05) is 0 Å². The number of anilines is 1. The van der Waals surface area contributed by atoms with Crippen LogP contribution in [-0.2, 0) is 21.2 Å². The Hall–Kier alpha value is -2.09. The maximum Gasteiger partial charge on any atom is 0.242 e. The Morgan fingerprint density at radius 1 is 0.879 bits per heavy atom. The van der Waals surface area contributed by atoms with Gasteiger partial charge in [-0.1, -0.05) is 82.8 Å². The first-order valence-corrected chi connectivity index (χ1v) is 12.7. The number of rotatable bonds is 7. The summed E-state index contributed by atoms with van der Waals surface area (Å²) in [6.07, 6.45) is 0.134. The topological polar surface area (TPSA) is 75.3 Å². The third-order valence-electron chi connectivity index (χ3n) is 5.04. The van der Waals surface area contributed by atoms with Crippen molar-refractivity contribution in [3.63, 3.8) is 0 Å². The predicted molar refractivity (Wildman–Crippen MR) is 135 cm³/mol. The molecule has 3 rings (SSSR count). The lowest BCUT2D eigenvalue weighted by molar-refractivity contribution is -0.117. The van der Waals surface area contributed by atoms with Gasteiger partial charge in [-0.3, -0.25) is 4.79 Å². The maximum atomic E-state index is 13.4. The van der Waals surface area contributed by atoms with Gasteiger partial charge >= 0.3 is 0 Å². The molecule has 1 amide bonds. The van der Waals surface area contributed by atoms with Gasteiger partial charge in [0.25, 0.3) is 0 Å². The molecule has 2 N–H and O–H groups in total. The molecule has 0 saturated heterocycles. The summed E-state index contributed by atoms with van der Waals surface area (Å²) in [6, 6.07) is 14.5. The van der Waals surface area contributed by atoms with Crippen molar-refractivity contribution >= 4 is 56.4 Å². The van der Waals surface area contributed by atoms with Gasteiger partial charge < -0.3 is 5.32 Å². The van der Waals surface area contributed by atoms with E-state index < -0.39 is 22.0 Å². The Morgan fingerprint density at radius 2 is 1.45 bits per heavy atom. The van der Waals surface area contributed by atoms with Crippen LogP contribution in [-0.4, -0.2) is 20.4 Å². The summed E-state index contributed by atoms with van der Waals surface area (Å²) < 4.78 is 29.3. The second-order valence-electron chi connectivity index (χ2n) is 7.83. The first kappa shape index (κ1) is 25.5. The van der Waals surface area contributed by atoms with Crippen LogP contribution in [0, 0.1) is 20.8 Å². The molecule has 9 heteroatoms. The van der Waals surface area contributed by atoms with Gasteiger partial charge in [0.15, 0.2) is 0 Å². The molecule has 174 valence electrons. The lowest BCUT2D eigenvalue weighted by Crippen LogP contribution is -2.45. The van der Waals surface area contributed by atoms with Gasteiger partial charge in [-0.15, -0.1) is 0 Å². The van der Waals surface area contributed by atoms with Gasteiger partial charge in [0.2, 0.25) is 15.9 Å². The Kier molecular flexibility index (Phi) is 8.08. The van der Waals surface area contributed by atoms with E-state index in [1.807, 2.05) is 37.3 Å². The Balaban J connectivity index is 1.96. The van der Waals surface area contributed by atoms with Crippen molar-refractivity contribution in [1.29, 1.82) is 0 Å². The zero-order chi connectivity index (χ0) is 24.3. The quantitative estimate of drug-likeness (QED) is 0.366. The summed E-state index contributed by atoms with van der Waals surface area (Å²) in [7, 11) is -4.01. The summed E-state index contributed by atoms with van der Waals surface area (Å²) in [6.45, 7) is 5.36. The molecule has 1 atom stereocenters. The van der Waals surface area contributed by atoms with Crippen LogP contribution in [0.25, 0.3) is 0 Å². The molecule has 0 bridgehead atoms. The number of halogens is 3. The molecule has 0 heterocycles. The van der Waals surface area contributed by atoms with Crippen molar-refractivity contribution in [2.75, 3.05) is 5.32 Å². The van der Waals surface area contributed by atoms with E-state index >= 15 is 0 Å². The van der Waals surface area contributed by atoms with Crippen molar-refractivity contribution in [3.8, 4) is 0 Å². The van der Waals surface area contributed by atoms with Crippen molar-refractivity contribution in [1.82, 2.24) is 4.72 Å². The number of carbonyl (C=O) groups is 1. The molecule has 0 aliphatic rings. The fourth-order valence-electron chi connectivity index (χ4n) is 3.71. The third-order valence-corrected chi connectivity index (χ3v) is 7.85. The molecule has 0 aliphatic carbocycles. The fraction of sp³-hybridized carbons (Fsp3) is 0.208. The summed E-state index contributed by atoms with van der Waals surface area (Å²) >= 11 is 18.2. The van der Waals surface area contributed by atoms with Crippen LogP contribution >= 0.6 is 34.8 Å². The van der Waals surface area contributed by atoms with Crippen molar-refractivity contribution in [2.24, 2.45) is 0 Å². The number of aryl methyl sites for hydroxylation is 3. The Morgan fingerprint density at radius 3 is 2.06 bits per heavy atom. The maximum absolute atomic E-state index is 13.4. The average molecular weight is 526 g/mol. The van der Waals surface area contributed by atoms with Crippen molar-refractivity contribution < 1.29 is 13.2 Å². The second kappa shape index (κ2) is 10.5. The van der Waals surface area contributed by atoms with Gasteiger partial charge in [-0.05, 0) is 56.0 Å². The highest BCUT2D eigenvalue weighted by Gasteiger charge is 2.29. The number of benzene rings is 3. The van der Waals surface area contributed by atoms with Gasteiger partial charge in [0.05, 0.1) is 25.7 Å². The van der Waals surface area contributed by atoms with Crippen LogP contribution in [0.3, 0.4) is 0 Å². The van der Waals surface area contributed by atoms with E-state index in [1.165, 1.54) is 12.1 Å². The van der Waals surface area contributed by atoms with Crippen LogP contribution in [0.4, 0.5) is 5.69 Å². The molecular weight excluding hydrogens is 503 g/mol. The first-order valence-electron chi connectivity index (χ1n) is 10.1. The Bertz CT molecular complexity index is 1270. The summed E-state index contributed by atoms with van der Waals surface area (Å²) in [5.74, 6) is -0.579. The minimum Gasteiger partial charge on any atom is -0.323 e. The molecule has 0 fully saturated rings. The number of hydrogen-bond donors (Lipinski definition) is 2. The van der Waals surface area contributed by atoms with E-state index in [9.17, 15) is 13.2 Å². The molecule has 0 saturated carbocycles. The fourth-order valence-corrected chi connectivity index (χ4v) is 5.96. The van der Waals surface area contributed by atoms with Crippen molar-refractivity contribution in [2.45, 2.75) is 38.1 Å². The molecule has 0 aliphatic heterocycles. The van der Waals surface area contributed by atoms with Crippen LogP contribution < -0.4 is 10.0 Å². The molecule has 0 aromatic heterocycles. The normalized spacial score (nSPS) is 12.4. The highest BCUT2D eigenvalue weighted by Crippen LogP contribution is 2.32. The van der Waals surface area contributed by atoms with Gasteiger partial charge in [-0.2, -0.15) is 4.72 Å². The monoisotopic (exact) mass is 524 g/mol. The number of sulfonamides is 1. The summed E-state index contributed by atoms with van der Waals surface area (Å²) in [5.41, 5.74) is 3.18. The molecule has 0 spiro atoms. The number of amides is 1. The van der Waals surface area contributed by atoms with Crippen LogP contribution in [0.5, 0.6) is 0 Å². The van der Waals surface area contributed by atoms with Crippen LogP contribution in [0.2, 0.25) is 15.1 Å². The highest BCUT2D eigenvalue weighted by molar-refractivity contribution is 7.89. The summed E-state index contributed by atoms with van der Waals surface area (Å²) in [4.78, 5) is 13.4. The van der Waals surface area contributed by atoms with E-state index in [1.54, 1.807) is 26.0 Å². The predicted octanol–water partition coefficient (Wildman–Crippen LogP) is 6.10. The third kappa shape index (κ3) is 6.28. The number of carbonyl (C=O) groups excluding carboxylic acids is 1. The lowest BCUT2D eigenvalue weighted by Gasteiger charge is -2.21. The molecule has 3 aromatic carbocycles. The second-order valence-corrected chi connectivity index (χ2v) is 10.7. The van der Waals surface area contributed by atoms with Crippen LogP contribution in [0.1, 0.15) is 22.3 Å². The van der Waals surface area contributed by atoms with E-state index in [-0.39, 0.29) is 32.1 Å². The van der Waals surface area contributed by atoms with E-state index in [0.717, 1.165) is 11.1 Å². The number of nitrogens with one attached hydrogen (secondary N) is 2.